The number of benzene rings is 1. The van der Waals surface area contributed by atoms with Crippen LogP contribution in [0.3, 0.4) is 0 Å². The summed E-state index contributed by atoms with van der Waals surface area (Å²) in [6.07, 6.45) is 0.222. The molecule has 80 valence electrons. The Bertz CT molecular complexity index is 461. The molecule has 0 aliphatic rings. The van der Waals surface area contributed by atoms with Gasteiger partial charge in [-0.1, -0.05) is 12.1 Å². The van der Waals surface area contributed by atoms with Gasteiger partial charge in [-0.05, 0) is 26.1 Å². The smallest absolute Gasteiger partial charge is 0.204 e. The van der Waals surface area contributed by atoms with Crippen molar-refractivity contribution in [3.63, 3.8) is 0 Å². The minimum atomic E-state index is 0.222. The first-order chi connectivity index (χ1) is 7.27. The van der Waals surface area contributed by atoms with Crippen LogP contribution in [-0.2, 0) is 0 Å². The van der Waals surface area contributed by atoms with Crippen LogP contribution in [0.2, 0.25) is 0 Å². The van der Waals surface area contributed by atoms with E-state index in [1.54, 1.807) is 0 Å². The molecule has 0 radical (unpaired) electrons. The molecule has 15 heavy (non-hydrogen) atoms. The maximum atomic E-state index is 4.51. The predicted octanol–water partition coefficient (Wildman–Crippen LogP) is 1.82. The molecule has 1 unspecified atom stereocenters. The molecule has 0 saturated carbocycles. The maximum absolute atomic E-state index is 4.51. The van der Waals surface area contributed by atoms with Gasteiger partial charge < -0.3 is 10.6 Å². The lowest BCUT2D eigenvalue weighted by atomic mass is 10.3. The lowest BCUT2D eigenvalue weighted by Crippen LogP contribution is -2.21. The summed E-state index contributed by atoms with van der Waals surface area (Å²) in [5.74, 6) is 0.887. The molecule has 2 rings (SSSR count). The molecule has 0 aliphatic carbocycles. The number of hydrogen-bond donors (Lipinski definition) is 2. The fourth-order valence-corrected chi connectivity index (χ4v) is 1.74. The van der Waals surface area contributed by atoms with Crippen LogP contribution in [0.1, 0.15) is 13.1 Å². The zero-order valence-corrected chi connectivity index (χ0v) is 9.28. The zero-order chi connectivity index (χ0) is 10.8. The number of para-hydroxylation sites is 2. The Hall–Kier alpha value is -1.55. The van der Waals surface area contributed by atoms with Gasteiger partial charge >= 0.3 is 0 Å². The Balaban J connectivity index is 2.66. The third-order valence-electron chi connectivity index (χ3n) is 2.62. The van der Waals surface area contributed by atoms with Crippen molar-refractivity contribution < 1.29 is 0 Å². The highest BCUT2D eigenvalue weighted by Gasteiger charge is 2.12. The first-order valence-corrected chi connectivity index (χ1v) is 5.10. The van der Waals surface area contributed by atoms with Crippen LogP contribution in [-0.4, -0.2) is 23.6 Å². The van der Waals surface area contributed by atoms with E-state index in [-0.39, 0.29) is 6.17 Å². The molecule has 1 aromatic carbocycles. The van der Waals surface area contributed by atoms with Crippen LogP contribution in [0.5, 0.6) is 0 Å². The lowest BCUT2D eigenvalue weighted by molar-refractivity contribution is 0.494. The SMILES string of the molecule is CNc1nc2ccccc2n1C(C)NC. The molecule has 4 nitrogen and oxygen atoms in total. The van der Waals surface area contributed by atoms with Crippen LogP contribution in [0.25, 0.3) is 11.0 Å². The van der Waals surface area contributed by atoms with Gasteiger partial charge in [0, 0.05) is 7.05 Å². The van der Waals surface area contributed by atoms with Crippen molar-refractivity contribution in [1.29, 1.82) is 0 Å². The second-order valence-electron chi connectivity index (χ2n) is 3.51. The molecule has 1 aromatic heterocycles. The van der Waals surface area contributed by atoms with E-state index in [1.165, 1.54) is 0 Å². The normalized spacial score (nSPS) is 13.0. The second-order valence-corrected chi connectivity index (χ2v) is 3.51. The van der Waals surface area contributed by atoms with Crippen molar-refractivity contribution in [1.82, 2.24) is 14.9 Å². The third-order valence-corrected chi connectivity index (χ3v) is 2.62. The second kappa shape index (κ2) is 3.90. The van der Waals surface area contributed by atoms with Gasteiger partial charge in [0.15, 0.2) is 0 Å². The van der Waals surface area contributed by atoms with Crippen LogP contribution >= 0.6 is 0 Å². The molecule has 0 amide bonds. The standard InChI is InChI=1S/C11H16N4/c1-8(12-2)15-10-7-5-4-6-9(10)14-11(15)13-3/h4-8,12H,1-3H3,(H,13,14). The highest BCUT2D eigenvalue weighted by molar-refractivity contribution is 5.78. The quantitative estimate of drug-likeness (QED) is 0.801. The van der Waals surface area contributed by atoms with Crippen molar-refractivity contribution in [2.45, 2.75) is 13.1 Å². The molecule has 0 saturated heterocycles. The molecule has 0 fully saturated rings. The Kier molecular flexibility index (Phi) is 2.60. The summed E-state index contributed by atoms with van der Waals surface area (Å²) < 4.78 is 2.15. The molecule has 4 heteroatoms. The Morgan fingerprint density at radius 3 is 2.67 bits per heavy atom. The van der Waals surface area contributed by atoms with E-state index < -0.39 is 0 Å². The minimum Gasteiger partial charge on any atom is -0.359 e. The van der Waals surface area contributed by atoms with Gasteiger partial charge in [-0.15, -0.1) is 0 Å². The van der Waals surface area contributed by atoms with Gasteiger partial charge in [0.2, 0.25) is 5.95 Å². The summed E-state index contributed by atoms with van der Waals surface area (Å²) >= 11 is 0. The van der Waals surface area contributed by atoms with Gasteiger partial charge in [-0.2, -0.15) is 0 Å². The summed E-state index contributed by atoms with van der Waals surface area (Å²) in [4.78, 5) is 4.51. The number of imidazole rings is 1. The average molecular weight is 204 g/mol. The van der Waals surface area contributed by atoms with Crippen molar-refractivity contribution >= 4 is 17.0 Å². The van der Waals surface area contributed by atoms with Gasteiger partial charge in [0.1, 0.15) is 0 Å². The van der Waals surface area contributed by atoms with E-state index in [9.17, 15) is 0 Å². The van der Waals surface area contributed by atoms with Crippen molar-refractivity contribution in [2.24, 2.45) is 0 Å². The Labute approximate surface area is 89.3 Å². The summed E-state index contributed by atoms with van der Waals surface area (Å²) in [5.41, 5.74) is 2.16. The molecule has 1 heterocycles. The van der Waals surface area contributed by atoms with E-state index in [0.717, 1.165) is 17.0 Å². The highest BCUT2D eigenvalue weighted by atomic mass is 15.3. The molecule has 2 aromatic rings. The fourth-order valence-electron chi connectivity index (χ4n) is 1.74. The molecule has 0 aliphatic heterocycles. The number of rotatable bonds is 3. The summed E-state index contributed by atoms with van der Waals surface area (Å²) in [6.45, 7) is 2.11. The summed E-state index contributed by atoms with van der Waals surface area (Å²) in [7, 11) is 3.83. The van der Waals surface area contributed by atoms with Crippen LogP contribution in [0.15, 0.2) is 24.3 Å². The maximum Gasteiger partial charge on any atom is 0.204 e. The van der Waals surface area contributed by atoms with Crippen molar-refractivity contribution in [3.05, 3.63) is 24.3 Å². The molecular weight excluding hydrogens is 188 g/mol. The van der Waals surface area contributed by atoms with Gasteiger partial charge in [0.05, 0.1) is 17.2 Å². The fraction of sp³-hybridized carbons (Fsp3) is 0.364. The summed E-state index contributed by atoms with van der Waals surface area (Å²) in [5, 5.41) is 6.33. The Morgan fingerprint density at radius 2 is 2.00 bits per heavy atom. The van der Waals surface area contributed by atoms with E-state index in [0.29, 0.717) is 0 Å². The highest BCUT2D eigenvalue weighted by Crippen LogP contribution is 2.22. The van der Waals surface area contributed by atoms with E-state index in [2.05, 4.69) is 33.2 Å². The van der Waals surface area contributed by atoms with Crippen LogP contribution in [0.4, 0.5) is 5.95 Å². The number of fused-ring (bicyclic) bond motifs is 1. The van der Waals surface area contributed by atoms with Gasteiger partial charge in [0.25, 0.3) is 0 Å². The van der Waals surface area contributed by atoms with E-state index >= 15 is 0 Å². The number of hydrogen-bond acceptors (Lipinski definition) is 3. The number of nitrogens with zero attached hydrogens (tertiary/aromatic N) is 2. The average Bonchev–Trinajstić information content (AvgIpc) is 2.66. The zero-order valence-electron chi connectivity index (χ0n) is 9.28. The first kappa shape index (κ1) is 9.98. The topological polar surface area (TPSA) is 41.9 Å². The first-order valence-electron chi connectivity index (χ1n) is 5.10. The predicted molar refractivity (Wildman–Crippen MR) is 63.1 cm³/mol. The molecular formula is C11H16N4. The number of nitrogens with one attached hydrogen (secondary N) is 2. The van der Waals surface area contributed by atoms with E-state index in [1.807, 2.05) is 32.3 Å². The van der Waals surface area contributed by atoms with E-state index in [4.69, 9.17) is 0 Å². The van der Waals surface area contributed by atoms with Crippen molar-refractivity contribution in [3.8, 4) is 0 Å². The minimum absolute atomic E-state index is 0.222. The monoisotopic (exact) mass is 204 g/mol. The largest absolute Gasteiger partial charge is 0.359 e. The molecule has 0 spiro atoms. The summed E-state index contributed by atoms with van der Waals surface area (Å²) in [6, 6.07) is 8.14. The van der Waals surface area contributed by atoms with Gasteiger partial charge in [-0.25, -0.2) is 4.98 Å². The molecule has 2 N–H and O–H groups in total. The van der Waals surface area contributed by atoms with Gasteiger partial charge in [-0.3, -0.25) is 4.57 Å². The van der Waals surface area contributed by atoms with Crippen molar-refractivity contribution in [2.75, 3.05) is 19.4 Å². The lowest BCUT2D eigenvalue weighted by Gasteiger charge is -2.16. The molecule has 0 bridgehead atoms. The number of anilines is 1. The Morgan fingerprint density at radius 1 is 1.27 bits per heavy atom. The van der Waals surface area contributed by atoms with Crippen LogP contribution < -0.4 is 10.6 Å². The molecule has 1 atom stereocenters. The third kappa shape index (κ3) is 1.57. The van der Waals surface area contributed by atoms with Crippen LogP contribution in [0, 0.1) is 0 Å². The number of aromatic nitrogens is 2.